The number of hydrogen-bond donors (Lipinski definition) is 4. The van der Waals surface area contributed by atoms with Crippen LogP contribution in [0.2, 0.25) is 0 Å². The van der Waals surface area contributed by atoms with Gasteiger partial charge in [0.15, 0.2) is 0 Å². The van der Waals surface area contributed by atoms with Crippen LogP contribution in [0.25, 0.3) is 0 Å². The first-order valence-electron chi connectivity index (χ1n) is 2.47. The topological polar surface area (TPSA) is 121 Å². The lowest BCUT2D eigenvalue weighted by Crippen LogP contribution is -2.27. The van der Waals surface area contributed by atoms with Crippen LogP contribution < -0.4 is 4.73 Å². The third-order valence-electron chi connectivity index (χ3n) is 1.00. The van der Waals surface area contributed by atoms with Crippen LogP contribution in [-0.4, -0.2) is 25.4 Å². The molecule has 4 N–H and O–H groups in total. The van der Waals surface area contributed by atoms with E-state index in [-0.39, 0.29) is 0 Å². The van der Waals surface area contributed by atoms with Crippen LogP contribution in [0.15, 0.2) is 0 Å². The number of aromatic hydroxyl groups is 4. The first-order chi connectivity index (χ1) is 5.04. The summed E-state index contributed by atoms with van der Waals surface area (Å²) in [6.45, 7) is 0. The van der Waals surface area contributed by atoms with Crippen molar-refractivity contribution in [2.75, 3.05) is 0 Å². The van der Waals surface area contributed by atoms with E-state index in [0.717, 1.165) is 0 Å². The fourth-order valence-corrected chi connectivity index (χ4v) is 0.484. The minimum Gasteiger partial charge on any atom is -0.706 e. The van der Waals surface area contributed by atoms with Gasteiger partial charge < -0.3 is 25.6 Å². The maximum absolute atomic E-state index is 10.4. The molecule has 0 saturated carbocycles. The molecule has 0 spiro atoms. The second kappa shape index (κ2) is 2.04. The molecule has 0 aliphatic carbocycles. The summed E-state index contributed by atoms with van der Waals surface area (Å²) >= 11 is 0. The molecule has 0 bridgehead atoms. The maximum atomic E-state index is 10.4. The summed E-state index contributed by atoms with van der Waals surface area (Å²) in [5.74, 6) is -3.28. The maximum Gasteiger partial charge on any atom is 0.506 e. The number of aromatic nitrogens is 2. The van der Waals surface area contributed by atoms with Crippen molar-refractivity contribution < 1.29 is 25.2 Å². The minimum absolute atomic E-state index is 0.435. The summed E-state index contributed by atoms with van der Waals surface area (Å²) in [6, 6.07) is -1.14. The van der Waals surface area contributed by atoms with E-state index in [1.54, 1.807) is 0 Å². The molecule has 0 fully saturated rings. The highest BCUT2D eigenvalue weighted by Gasteiger charge is 2.21. The summed E-state index contributed by atoms with van der Waals surface area (Å²) in [6.07, 6.45) is 0. The number of hydrogen-bond acceptors (Lipinski definition) is 6. The fraction of sp³-hybridized carbons (Fsp3) is 0. The van der Waals surface area contributed by atoms with Gasteiger partial charge in [0.25, 0.3) is 5.75 Å². The molecule has 0 unspecified atom stereocenters. The Morgan fingerprint density at radius 3 is 2.27 bits per heavy atom. The van der Waals surface area contributed by atoms with Crippen LogP contribution in [0.1, 0.15) is 0 Å². The van der Waals surface area contributed by atoms with E-state index in [9.17, 15) is 5.21 Å². The van der Waals surface area contributed by atoms with Crippen molar-refractivity contribution in [1.82, 2.24) is 4.98 Å². The quantitative estimate of drug-likeness (QED) is 0.272. The van der Waals surface area contributed by atoms with Gasteiger partial charge in [-0.15, -0.1) is 0 Å². The lowest BCUT2D eigenvalue weighted by Gasteiger charge is -2.03. The van der Waals surface area contributed by atoms with Gasteiger partial charge in [0.1, 0.15) is 0 Å². The summed E-state index contributed by atoms with van der Waals surface area (Å²) < 4.78 is -0.435. The highest BCUT2D eigenvalue weighted by molar-refractivity contribution is 5.36. The minimum atomic E-state index is -1.20. The normalized spacial score (nSPS) is 9.82. The van der Waals surface area contributed by atoms with Gasteiger partial charge in [-0.25, -0.2) is 0 Å². The smallest absolute Gasteiger partial charge is 0.506 e. The molecule has 0 radical (unpaired) electrons. The molecule has 0 amide bonds. The molecule has 0 atom stereocenters. The van der Waals surface area contributed by atoms with E-state index in [1.165, 1.54) is 0 Å². The molecule has 1 aromatic rings. The molecule has 0 aliphatic heterocycles. The van der Waals surface area contributed by atoms with Gasteiger partial charge >= 0.3 is 17.8 Å². The van der Waals surface area contributed by atoms with Crippen molar-refractivity contribution in [3.63, 3.8) is 0 Å². The van der Waals surface area contributed by atoms with Gasteiger partial charge in [-0.1, -0.05) is 0 Å². The Balaban J connectivity index is 3.46. The zero-order chi connectivity index (χ0) is 8.59. The van der Waals surface area contributed by atoms with E-state index in [0.29, 0.717) is 0 Å². The highest BCUT2D eigenvalue weighted by Crippen LogP contribution is 2.29. The first-order valence-corrected chi connectivity index (χ1v) is 2.47. The molecule has 11 heavy (non-hydrogen) atoms. The van der Waals surface area contributed by atoms with E-state index >= 15 is 0 Å². The zero-order valence-corrected chi connectivity index (χ0v) is 5.09. The monoisotopic (exact) mass is 160 g/mol. The Bertz CT molecular complexity index is 273. The molecule has 1 heterocycles. The van der Waals surface area contributed by atoms with Crippen molar-refractivity contribution in [3.8, 4) is 23.5 Å². The second-order valence-electron chi connectivity index (χ2n) is 1.70. The average molecular weight is 160 g/mol. The summed E-state index contributed by atoms with van der Waals surface area (Å²) in [5, 5.41) is 44.7. The largest absolute Gasteiger partial charge is 0.706 e. The van der Waals surface area contributed by atoms with Gasteiger partial charge in [-0.2, -0.15) is 4.73 Å². The number of rotatable bonds is 0. The van der Waals surface area contributed by atoms with Gasteiger partial charge in [0.2, 0.25) is 0 Å². The molecule has 0 aliphatic rings. The van der Waals surface area contributed by atoms with Crippen molar-refractivity contribution in [2.45, 2.75) is 0 Å². The Labute approximate surface area is 60.0 Å². The van der Waals surface area contributed by atoms with Gasteiger partial charge in [-0.3, -0.25) is 0 Å². The third-order valence-corrected chi connectivity index (χ3v) is 1.00. The van der Waals surface area contributed by atoms with Crippen LogP contribution in [0.3, 0.4) is 0 Å². The predicted molar refractivity (Wildman–Crippen MR) is 29.9 cm³/mol. The Kier molecular flexibility index (Phi) is 1.34. The summed E-state index contributed by atoms with van der Waals surface area (Å²) in [4.78, 5) is 2.79. The first kappa shape index (κ1) is 7.19. The molecular weight excluding hydrogens is 156 g/mol. The van der Waals surface area contributed by atoms with E-state index in [4.69, 9.17) is 20.4 Å². The molecular formula is C4H4N2O5. The Morgan fingerprint density at radius 2 is 1.73 bits per heavy atom. The van der Waals surface area contributed by atoms with Gasteiger partial charge in [0.05, 0.1) is 0 Å². The predicted octanol–water partition coefficient (Wildman–Crippen LogP) is -1.46. The van der Waals surface area contributed by atoms with Gasteiger partial charge in [-0.05, 0) is 0 Å². The van der Waals surface area contributed by atoms with E-state index in [1.807, 2.05) is 0 Å². The Hall–Kier alpha value is -1.92. The van der Waals surface area contributed by atoms with Gasteiger partial charge in [0, 0.05) is 4.98 Å². The van der Waals surface area contributed by atoms with Crippen LogP contribution in [-0.2, 0) is 0 Å². The molecule has 1 rings (SSSR count). The summed E-state index contributed by atoms with van der Waals surface area (Å²) in [7, 11) is 0. The lowest BCUT2D eigenvalue weighted by atomic mass is 10.5. The standard InChI is InChI=1S/C4H4N2O5/c7-1-2(8)5-4(10)6(11)3(1)9/h7,9H,(H2,5,8,10). The van der Waals surface area contributed by atoms with Crippen molar-refractivity contribution in [1.29, 1.82) is 0 Å². The molecule has 0 saturated heterocycles. The van der Waals surface area contributed by atoms with Crippen LogP contribution in [0.4, 0.5) is 0 Å². The lowest BCUT2D eigenvalue weighted by molar-refractivity contribution is -0.625. The van der Waals surface area contributed by atoms with Crippen LogP contribution in [0, 0.1) is 5.21 Å². The summed E-state index contributed by atoms with van der Waals surface area (Å²) in [5.41, 5.74) is 0. The molecule has 1 aromatic heterocycles. The zero-order valence-electron chi connectivity index (χ0n) is 5.09. The molecule has 0 aromatic carbocycles. The highest BCUT2D eigenvalue weighted by atomic mass is 16.5. The van der Waals surface area contributed by atoms with E-state index < -0.39 is 28.3 Å². The van der Waals surface area contributed by atoms with Crippen molar-refractivity contribution in [2.24, 2.45) is 0 Å². The second-order valence-corrected chi connectivity index (χ2v) is 1.70. The Morgan fingerprint density at radius 1 is 1.18 bits per heavy atom. The molecule has 7 heteroatoms. The van der Waals surface area contributed by atoms with Crippen molar-refractivity contribution >= 4 is 0 Å². The molecule has 7 nitrogen and oxygen atoms in total. The SMILES string of the molecule is [O-][n+]1c(O)nc(O)c(O)c1O. The van der Waals surface area contributed by atoms with Crippen molar-refractivity contribution in [3.05, 3.63) is 5.21 Å². The average Bonchev–Trinajstić information content (AvgIpc) is 1.97. The third kappa shape index (κ3) is 0.914. The number of nitrogens with zero attached hydrogens (tertiary/aromatic N) is 2. The fourth-order valence-electron chi connectivity index (χ4n) is 0.484. The van der Waals surface area contributed by atoms with E-state index in [2.05, 4.69) is 4.98 Å². The van der Waals surface area contributed by atoms with Crippen LogP contribution in [0.5, 0.6) is 23.5 Å². The van der Waals surface area contributed by atoms with Crippen LogP contribution >= 0.6 is 0 Å². The molecule has 60 valence electrons.